The Morgan fingerprint density at radius 2 is 1.76 bits per heavy atom. The lowest BCUT2D eigenvalue weighted by molar-refractivity contribution is 0.219. The summed E-state index contributed by atoms with van der Waals surface area (Å²) in [7, 11) is 0. The predicted octanol–water partition coefficient (Wildman–Crippen LogP) is 3.72. The molecule has 5 heteroatoms. The fourth-order valence-corrected chi connectivity index (χ4v) is 2.52. The van der Waals surface area contributed by atoms with Crippen molar-refractivity contribution in [2.75, 3.05) is 13.2 Å². The number of hydrogen-bond donors (Lipinski definition) is 1. The first kappa shape index (κ1) is 14.2. The number of ether oxygens (including phenoxy) is 2. The Morgan fingerprint density at radius 3 is 2.52 bits per heavy atom. The Labute approximate surface area is 126 Å². The van der Waals surface area contributed by atoms with E-state index in [-0.39, 0.29) is 5.82 Å². The van der Waals surface area contributed by atoms with Gasteiger partial charge in [0.2, 0.25) is 0 Å². The van der Waals surface area contributed by atoms with Gasteiger partial charge in [-0.2, -0.15) is 0 Å². The zero-order chi connectivity index (χ0) is 14.8. The minimum Gasteiger partial charge on any atom is -0.489 e. The lowest BCUT2D eigenvalue weighted by atomic mass is 10.0. The number of halogens is 2. The van der Waals surface area contributed by atoms with Crippen molar-refractivity contribution >= 4 is 11.6 Å². The van der Waals surface area contributed by atoms with Crippen LogP contribution in [0.25, 0.3) is 0 Å². The van der Waals surface area contributed by atoms with Crippen molar-refractivity contribution in [3.05, 3.63) is 58.4 Å². The van der Waals surface area contributed by atoms with Crippen molar-refractivity contribution in [1.82, 2.24) is 0 Å². The van der Waals surface area contributed by atoms with Gasteiger partial charge in [-0.1, -0.05) is 23.7 Å². The highest BCUT2D eigenvalue weighted by molar-refractivity contribution is 6.32. The van der Waals surface area contributed by atoms with Crippen molar-refractivity contribution in [2.45, 2.75) is 12.5 Å². The lowest BCUT2D eigenvalue weighted by Crippen LogP contribution is -2.01. The zero-order valence-corrected chi connectivity index (χ0v) is 11.9. The smallest absolute Gasteiger partial charge is 0.179 e. The topological polar surface area (TPSA) is 38.7 Å². The third-order valence-corrected chi connectivity index (χ3v) is 3.61. The molecule has 0 saturated heterocycles. The van der Waals surface area contributed by atoms with Gasteiger partial charge < -0.3 is 14.6 Å². The highest BCUT2D eigenvalue weighted by Gasteiger charge is 2.19. The summed E-state index contributed by atoms with van der Waals surface area (Å²) in [5.41, 5.74) is 1.16. The van der Waals surface area contributed by atoms with Crippen LogP contribution in [0.15, 0.2) is 36.4 Å². The molecule has 2 aromatic rings. The standard InChI is InChI=1S/C16H14ClFO3/c17-13-8-11(9-14-16(13)21-7-1-6-20-14)15(19)10-2-4-12(18)5-3-10/h2-5,8-9,15,19H,1,6-7H2. The SMILES string of the molecule is OC(c1ccc(F)cc1)c1cc(Cl)c2c(c1)OCCCO2. The second-order valence-corrected chi connectivity index (χ2v) is 5.24. The molecule has 0 spiro atoms. The molecular formula is C16H14ClFO3. The summed E-state index contributed by atoms with van der Waals surface area (Å²) in [6.45, 7) is 1.09. The average molecular weight is 309 g/mol. The van der Waals surface area contributed by atoms with Gasteiger partial charge >= 0.3 is 0 Å². The monoisotopic (exact) mass is 308 g/mol. The van der Waals surface area contributed by atoms with E-state index in [9.17, 15) is 9.50 Å². The maximum atomic E-state index is 12.9. The molecule has 3 nitrogen and oxygen atoms in total. The Kier molecular flexibility index (Phi) is 3.99. The molecule has 1 aliphatic heterocycles. The third-order valence-electron chi connectivity index (χ3n) is 3.33. The number of aliphatic hydroxyl groups is 1. The molecule has 21 heavy (non-hydrogen) atoms. The van der Waals surface area contributed by atoms with Gasteiger partial charge in [-0.25, -0.2) is 4.39 Å². The van der Waals surface area contributed by atoms with E-state index >= 15 is 0 Å². The molecule has 1 unspecified atom stereocenters. The summed E-state index contributed by atoms with van der Waals surface area (Å²) in [4.78, 5) is 0. The van der Waals surface area contributed by atoms with Gasteiger partial charge in [0, 0.05) is 6.42 Å². The van der Waals surface area contributed by atoms with Crippen molar-refractivity contribution in [1.29, 1.82) is 0 Å². The van der Waals surface area contributed by atoms with Gasteiger partial charge in [0.25, 0.3) is 0 Å². The minimum absolute atomic E-state index is 0.345. The quantitative estimate of drug-likeness (QED) is 0.919. The number of benzene rings is 2. The summed E-state index contributed by atoms with van der Waals surface area (Å²) in [5.74, 6) is 0.683. The molecule has 0 radical (unpaired) electrons. The molecule has 0 aliphatic carbocycles. The Morgan fingerprint density at radius 1 is 1.05 bits per heavy atom. The molecule has 0 fully saturated rings. The van der Waals surface area contributed by atoms with Crippen LogP contribution in [0.5, 0.6) is 11.5 Å². The van der Waals surface area contributed by atoms with Crippen LogP contribution in [0.4, 0.5) is 4.39 Å². The van der Waals surface area contributed by atoms with Crippen LogP contribution >= 0.6 is 11.6 Å². The average Bonchev–Trinajstić information content (AvgIpc) is 2.73. The van der Waals surface area contributed by atoms with Crippen LogP contribution in [0.2, 0.25) is 5.02 Å². The first-order valence-electron chi connectivity index (χ1n) is 6.68. The van der Waals surface area contributed by atoms with E-state index in [2.05, 4.69) is 0 Å². The van der Waals surface area contributed by atoms with E-state index in [0.29, 0.717) is 40.9 Å². The third kappa shape index (κ3) is 2.96. The van der Waals surface area contributed by atoms with Gasteiger partial charge in [0.15, 0.2) is 11.5 Å². The highest BCUT2D eigenvalue weighted by Crippen LogP contribution is 2.40. The normalized spacial score (nSPS) is 15.4. The molecular weight excluding hydrogens is 295 g/mol. The molecule has 0 aromatic heterocycles. The summed E-state index contributed by atoms with van der Waals surface area (Å²) < 4.78 is 24.1. The van der Waals surface area contributed by atoms with Gasteiger partial charge in [0.1, 0.15) is 11.9 Å². The van der Waals surface area contributed by atoms with E-state index in [1.54, 1.807) is 12.1 Å². The van der Waals surface area contributed by atoms with Crippen LogP contribution in [0, 0.1) is 5.82 Å². The number of fused-ring (bicyclic) bond motifs is 1. The molecule has 1 aliphatic rings. The minimum atomic E-state index is -0.903. The molecule has 1 N–H and O–H groups in total. The first-order chi connectivity index (χ1) is 10.1. The summed E-state index contributed by atoms with van der Waals surface area (Å²) in [6.07, 6.45) is -0.124. The van der Waals surface area contributed by atoms with Crippen LogP contribution in [-0.4, -0.2) is 18.3 Å². The molecule has 0 saturated carbocycles. The predicted molar refractivity (Wildman–Crippen MR) is 77.5 cm³/mol. The Hall–Kier alpha value is -1.78. The fourth-order valence-electron chi connectivity index (χ4n) is 2.25. The van der Waals surface area contributed by atoms with E-state index in [4.69, 9.17) is 21.1 Å². The van der Waals surface area contributed by atoms with Crippen LogP contribution in [-0.2, 0) is 0 Å². The van der Waals surface area contributed by atoms with E-state index < -0.39 is 6.10 Å². The zero-order valence-electron chi connectivity index (χ0n) is 11.2. The van der Waals surface area contributed by atoms with Gasteiger partial charge in [-0.15, -0.1) is 0 Å². The van der Waals surface area contributed by atoms with Gasteiger partial charge in [-0.05, 0) is 35.4 Å². The summed E-state index contributed by atoms with van der Waals surface area (Å²) in [5, 5.41) is 10.8. The van der Waals surface area contributed by atoms with Crippen molar-refractivity contribution in [3.63, 3.8) is 0 Å². The molecule has 0 amide bonds. The molecule has 110 valence electrons. The van der Waals surface area contributed by atoms with Crippen molar-refractivity contribution < 1.29 is 19.0 Å². The van der Waals surface area contributed by atoms with Gasteiger partial charge in [0.05, 0.1) is 18.2 Å². The fraction of sp³-hybridized carbons (Fsp3) is 0.250. The van der Waals surface area contributed by atoms with E-state index in [1.165, 1.54) is 24.3 Å². The number of hydrogen-bond acceptors (Lipinski definition) is 3. The van der Waals surface area contributed by atoms with E-state index in [0.717, 1.165) is 6.42 Å². The Bertz CT molecular complexity index is 643. The summed E-state index contributed by atoms with van der Waals surface area (Å²) in [6, 6.07) is 9.05. The molecule has 1 atom stereocenters. The number of rotatable bonds is 2. The first-order valence-corrected chi connectivity index (χ1v) is 7.05. The molecule has 0 bridgehead atoms. The molecule has 2 aromatic carbocycles. The van der Waals surface area contributed by atoms with Crippen molar-refractivity contribution in [3.8, 4) is 11.5 Å². The van der Waals surface area contributed by atoms with Crippen molar-refractivity contribution in [2.24, 2.45) is 0 Å². The second kappa shape index (κ2) is 5.92. The van der Waals surface area contributed by atoms with E-state index in [1.807, 2.05) is 0 Å². The highest BCUT2D eigenvalue weighted by atomic mass is 35.5. The second-order valence-electron chi connectivity index (χ2n) is 4.83. The lowest BCUT2D eigenvalue weighted by Gasteiger charge is -2.15. The van der Waals surface area contributed by atoms with Gasteiger partial charge in [-0.3, -0.25) is 0 Å². The molecule has 3 rings (SSSR count). The number of aliphatic hydroxyl groups excluding tert-OH is 1. The maximum absolute atomic E-state index is 12.9. The maximum Gasteiger partial charge on any atom is 0.179 e. The van der Waals surface area contributed by atoms with Crippen LogP contribution < -0.4 is 9.47 Å². The molecule has 1 heterocycles. The summed E-state index contributed by atoms with van der Waals surface area (Å²) >= 11 is 6.20. The van der Waals surface area contributed by atoms with Crippen LogP contribution in [0.1, 0.15) is 23.7 Å². The van der Waals surface area contributed by atoms with Crippen LogP contribution in [0.3, 0.4) is 0 Å². The Balaban J connectivity index is 1.97. The largest absolute Gasteiger partial charge is 0.489 e.